The number of ether oxygens (including phenoxy) is 1. The second-order valence-corrected chi connectivity index (χ2v) is 12.0. The molecular weight excluding hydrogens is 582 g/mol. The molecule has 2 N–H and O–H groups in total. The summed E-state index contributed by atoms with van der Waals surface area (Å²) in [6.45, 7) is 10.6. The number of aromatic nitrogens is 3. The van der Waals surface area contributed by atoms with Gasteiger partial charge in [0.15, 0.2) is 0 Å². The molecular formula is C30H35F4N7O3. The van der Waals surface area contributed by atoms with E-state index in [0.29, 0.717) is 56.1 Å². The highest BCUT2D eigenvalue weighted by Crippen LogP contribution is 2.37. The molecule has 3 aromatic rings. The average molecular weight is 618 g/mol. The molecule has 44 heavy (non-hydrogen) atoms. The van der Waals surface area contributed by atoms with Crippen molar-refractivity contribution in [1.82, 2.24) is 19.9 Å². The van der Waals surface area contributed by atoms with Crippen molar-refractivity contribution in [3.63, 3.8) is 0 Å². The zero-order valence-electron chi connectivity index (χ0n) is 25.1. The lowest BCUT2D eigenvalue weighted by molar-refractivity contribution is -0.138. The minimum atomic E-state index is -4.95. The predicted molar refractivity (Wildman–Crippen MR) is 159 cm³/mol. The minimum absolute atomic E-state index is 0.0608. The van der Waals surface area contributed by atoms with E-state index < -0.39 is 34.6 Å². The van der Waals surface area contributed by atoms with Crippen LogP contribution in [0.4, 0.5) is 34.9 Å². The van der Waals surface area contributed by atoms with Gasteiger partial charge >= 0.3 is 6.18 Å². The number of carbonyl (C=O) groups is 1. The van der Waals surface area contributed by atoms with E-state index in [2.05, 4.69) is 25.2 Å². The van der Waals surface area contributed by atoms with E-state index >= 15 is 4.39 Å². The number of amides is 1. The van der Waals surface area contributed by atoms with Crippen LogP contribution in [0.15, 0.2) is 41.6 Å². The topological polar surface area (TPSA) is 107 Å². The van der Waals surface area contributed by atoms with Gasteiger partial charge in [0.25, 0.3) is 5.91 Å². The Morgan fingerprint density at radius 2 is 1.75 bits per heavy atom. The van der Waals surface area contributed by atoms with Crippen molar-refractivity contribution in [3.05, 3.63) is 64.1 Å². The van der Waals surface area contributed by atoms with Gasteiger partial charge < -0.3 is 24.8 Å². The van der Waals surface area contributed by atoms with Crippen LogP contribution in [-0.4, -0.2) is 83.3 Å². The number of halogens is 4. The highest BCUT2D eigenvalue weighted by Gasteiger charge is 2.36. The van der Waals surface area contributed by atoms with E-state index in [4.69, 9.17) is 4.74 Å². The van der Waals surface area contributed by atoms with E-state index in [1.54, 1.807) is 0 Å². The number of pyridine rings is 1. The Labute approximate surface area is 252 Å². The quantitative estimate of drug-likeness (QED) is 0.407. The molecule has 2 saturated heterocycles. The second kappa shape index (κ2) is 11.8. The molecule has 2 atom stereocenters. The first-order valence-corrected chi connectivity index (χ1v) is 14.3. The number of morpholine rings is 1. The fourth-order valence-corrected chi connectivity index (χ4v) is 5.64. The first kappa shape index (κ1) is 31.4. The largest absolute Gasteiger partial charge is 0.417 e. The molecule has 14 heteroatoms. The van der Waals surface area contributed by atoms with Gasteiger partial charge in [-0.15, -0.1) is 0 Å². The Hall–Kier alpha value is -4.04. The summed E-state index contributed by atoms with van der Waals surface area (Å²) in [6, 6.07) is 3.14. The molecule has 10 nitrogen and oxygen atoms in total. The molecule has 0 radical (unpaired) electrons. The standard InChI is InChI=1S/C30H35F4N7O3/c1-17-14-41(15-18(2)39(17)5)25-10-23(31)20(19-11-36-28(37-12-19)40-6-7-44-29(3,4)16-40)8-24(25)38-27(43)21-13-35-26(42)9-22(21)30(32,33)34/h8-13,17-18H,6-7,14-16H2,1-5H3,(H,35,42)(H,38,43)/t17-,18?/m1/s1. The van der Waals surface area contributed by atoms with Gasteiger partial charge in [0, 0.05) is 74.0 Å². The van der Waals surface area contributed by atoms with Crippen LogP contribution in [0.2, 0.25) is 0 Å². The minimum Gasteiger partial charge on any atom is -0.372 e. The molecule has 1 amide bonds. The lowest BCUT2D eigenvalue weighted by atomic mass is 10.0. The zero-order chi connectivity index (χ0) is 32.0. The Kier molecular flexibility index (Phi) is 8.42. The van der Waals surface area contributed by atoms with Crippen molar-refractivity contribution in [2.45, 2.75) is 51.6 Å². The van der Waals surface area contributed by atoms with Crippen LogP contribution in [0.1, 0.15) is 43.6 Å². The summed E-state index contributed by atoms with van der Waals surface area (Å²) >= 11 is 0. The summed E-state index contributed by atoms with van der Waals surface area (Å²) in [4.78, 5) is 42.0. The van der Waals surface area contributed by atoms with Crippen molar-refractivity contribution < 1.29 is 27.1 Å². The maximum Gasteiger partial charge on any atom is 0.417 e. The van der Waals surface area contributed by atoms with Gasteiger partial charge in [-0.2, -0.15) is 13.2 Å². The highest BCUT2D eigenvalue weighted by atomic mass is 19.4. The molecule has 2 fully saturated rings. The van der Waals surface area contributed by atoms with Crippen LogP contribution in [0, 0.1) is 5.82 Å². The van der Waals surface area contributed by atoms with Crippen LogP contribution in [0.25, 0.3) is 11.1 Å². The third-order valence-corrected chi connectivity index (χ3v) is 8.17. The molecule has 0 bridgehead atoms. The van der Waals surface area contributed by atoms with E-state index in [0.717, 1.165) is 6.20 Å². The second-order valence-electron chi connectivity index (χ2n) is 12.0. The average Bonchev–Trinajstić information content (AvgIpc) is 2.95. The number of benzene rings is 1. The number of likely N-dealkylation sites (N-methyl/N-ethyl adjacent to an activating group) is 1. The van der Waals surface area contributed by atoms with Crippen LogP contribution in [-0.2, 0) is 10.9 Å². The summed E-state index contributed by atoms with van der Waals surface area (Å²) in [7, 11) is 1.98. The number of piperazine rings is 1. The molecule has 4 heterocycles. The SMILES string of the molecule is CC1CN(c2cc(F)c(-c3cnc(N4CCOC(C)(C)C4)nc3)cc2NC(=O)c2c[nH]c(=O)cc2C(F)(F)F)C[C@@H](C)N1C. The van der Waals surface area contributed by atoms with Gasteiger partial charge in [-0.25, -0.2) is 14.4 Å². The number of alkyl halides is 3. The van der Waals surface area contributed by atoms with Gasteiger partial charge in [-0.1, -0.05) is 0 Å². The van der Waals surface area contributed by atoms with Crippen LogP contribution >= 0.6 is 0 Å². The van der Waals surface area contributed by atoms with E-state index in [-0.39, 0.29) is 28.9 Å². The molecule has 1 aromatic carbocycles. The first-order chi connectivity index (χ1) is 20.6. The third-order valence-electron chi connectivity index (χ3n) is 8.17. The number of anilines is 3. The molecule has 2 aromatic heterocycles. The zero-order valence-corrected chi connectivity index (χ0v) is 25.1. The molecule has 2 aliphatic heterocycles. The molecule has 0 aliphatic carbocycles. The first-order valence-electron chi connectivity index (χ1n) is 14.3. The van der Waals surface area contributed by atoms with Gasteiger partial charge in [0.05, 0.1) is 34.7 Å². The van der Waals surface area contributed by atoms with Crippen molar-refractivity contribution >= 4 is 23.2 Å². The normalized spacial score (nSPS) is 20.9. The summed E-state index contributed by atoms with van der Waals surface area (Å²) in [5, 5.41) is 2.56. The van der Waals surface area contributed by atoms with Crippen molar-refractivity contribution in [2.75, 3.05) is 55.0 Å². The maximum atomic E-state index is 15.8. The highest BCUT2D eigenvalue weighted by molar-refractivity contribution is 6.07. The molecule has 236 valence electrons. The summed E-state index contributed by atoms with van der Waals surface area (Å²) in [5.74, 6) is -1.26. The fourth-order valence-electron chi connectivity index (χ4n) is 5.64. The van der Waals surface area contributed by atoms with E-state index in [1.165, 1.54) is 24.5 Å². The smallest absolute Gasteiger partial charge is 0.372 e. The van der Waals surface area contributed by atoms with Crippen molar-refractivity contribution in [1.29, 1.82) is 0 Å². The number of carbonyl (C=O) groups excluding carboxylic acids is 1. The lowest BCUT2D eigenvalue weighted by Gasteiger charge is -2.44. The Bertz CT molecular complexity index is 1580. The summed E-state index contributed by atoms with van der Waals surface area (Å²) in [5.41, 5.74) is -2.72. The van der Waals surface area contributed by atoms with Gasteiger partial charge in [-0.3, -0.25) is 14.5 Å². The monoisotopic (exact) mass is 617 g/mol. The number of H-pyrrole nitrogens is 1. The Morgan fingerprint density at radius 3 is 2.36 bits per heavy atom. The van der Waals surface area contributed by atoms with Gasteiger partial charge in [-0.05, 0) is 46.9 Å². The number of hydrogen-bond donors (Lipinski definition) is 2. The van der Waals surface area contributed by atoms with E-state index in [1.807, 2.05) is 44.5 Å². The van der Waals surface area contributed by atoms with Gasteiger partial charge in [0.1, 0.15) is 5.82 Å². The fraction of sp³-hybridized carbons (Fsp3) is 0.467. The molecule has 5 rings (SSSR count). The Balaban J connectivity index is 1.54. The van der Waals surface area contributed by atoms with Gasteiger partial charge in [0.2, 0.25) is 11.5 Å². The number of nitrogens with one attached hydrogen (secondary N) is 2. The third kappa shape index (κ3) is 6.55. The van der Waals surface area contributed by atoms with Crippen molar-refractivity contribution in [3.8, 4) is 11.1 Å². The number of aromatic amines is 1. The molecule has 0 saturated carbocycles. The molecule has 2 aliphatic rings. The van der Waals surface area contributed by atoms with Crippen molar-refractivity contribution in [2.24, 2.45) is 0 Å². The summed E-state index contributed by atoms with van der Waals surface area (Å²) < 4.78 is 62.8. The molecule has 1 unspecified atom stereocenters. The number of nitrogens with zero attached hydrogens (tertiary/aromatic N) is 5. The molecule has 0 spiro atoms. The summed E-state index contributed by atoms with van der Waals surface area (Å²) in [6.07, 6.45) is -1.28. The maximum absolute atomic E-state index is 15.8. The predicted octanol–water partition coefficient (Wildman–Crippen LogP) is 4.39. The van der Waals surface area contributed by atoms with Crippen LogP contribution in [0.5, 0.6) is 0 Å². The lowest BCUT2D eigenvalue weighted by Crippen LogP contribution is -2.55. The Morgan fingerprint density at radius 1 is 1.09 bits per heavy atom. The number of rotatable bonds is 5. The van der Waals surface area contributed by atoms with Crippen LogP contribution < -0.4 is 20.7 Å². The van der Waals surface area contributed by atoms with Crippen LogP contribution in [0.3, 0.4) is 0 Å². The van der Waals surface area contributed by atoms with E-state index in [9.17, 15) is 22.8 Å². The number of hydrogen-bond acceptors (Lipinski definition) is 8.